The van der Waals surface area contributed by atoms with Gasteiger partial charge < -0.3 is 19.1 Å². The number of amides is 2. The maximum Gasteiger partial charge on any atom is 0.289 e. The molecule has 0 aromatic carbocycles. The van der Waals surface area contributed by atoms with Gasteiger partial charge in [0, 0.05) is 51.3 Å². The van der Waals surface area contributed by atoms with Crippen molar-refractivity contribution in [1.82, 2.24) is 34.5 Å². The molecule has 3 aromatic heterocycles. The molecule has 0 radical (unpaired) electrons. The molecule has 2 aliphatic heterocycles. The molecule has 2 aliphatic rings. The van der Waals surface area contributed by atoms with E-state index < -0.39 is 0 Å². The Morgan fingerprint density at radius 2 is 1.69 bits per heavy atom. The zero-order chi connectivity index (χ0) is 21.9. The molecule has 5 rings (SSSR count). The van der Waals surface area contributed by atoms with Gasteiger partial charge >= 0.3 is 0 Å². The van der Waals surface area contributed by atoms with Crippen molar-refractivity contribution >= 4 is 17.6 Å². The van der Waals surface area contributed by atoms with Gasteiger partial charge in [-0.3, -0.25) is 9.59 Å². The van der Waals surface area contributed by atoms with E-state index in [1.54, 1.807) is 28.0 Å². The first-order valence-corrected chi connectivity index (χ1v) is 10.7. The van der Waals surface area contributed by atoms with Gasteiger partial charge in [-0.2, -0.15) is 5.10 Å². The molecule has 2 saturated heterocycles. The van der Waals surface area contributed by atoms with Crippen LogP contribution < -0.4 is 4.90 Å². The van der Waals surface area contributed by atoms with Crippen molar-refractivity contribution in [2.45, 2.75) is 12.8 Å². The second kappa shape index (κ2) is 8.77. The summed E-state index contributed by atoms with van der Waals surface area (Å²) in [6, 6.07) is 5.25. The Bertz CT molecular complexity index is 1050. The fourth-order valence-corrected chi connectivity index (χ4v) is 4.26. The molecular weight excluding hydrogens is 412 g/mol. The van der Waals surface area contributed by atoms with E-state index in [-0.39, 0.29) is 17.7 Å². The van der Waals surface area contributed by atoms with Crippen LogP contribution in [-0.4, -0.2) is 85.6 Å². The van der Waals surface area contributed by atoms with E-state index >= 15 is 0 Å². The van der Waals surface area contributed by atoms with Gasteiger partial charge in [0.15, 0.2) is 11.6 Å². The molecule has 5 heterocycles. The summed E-state index contributed by atoms with van der Waals surface area (Å²) in [5.41, 5.74) is 0. The van der Waals surface area contributed by atoms with Crippen molar-refractivity contribution in [3.05, 3.63) is 49.2 Å². The van der Waals surface area contributed by atoms with Crippen LogP contribution in [-0.2, 0) is 4.79 Å². The number of nitrogens with zero attached hydrogens (tertiary/aromatic N) is 8. The highest BCUT2D eigenvalue weighted by molar-refractivity contribution is 5.91. The topological polar surface area (TPSA) is 113 Å². The molecule has 0 bridgehead atoms. The predicted octanol–water partition coefficient (Wildman–Crippen LogP) is 0.851. The van der Waals surface area contributed by atoms with E-state index in [0.29, 0.717) is 37.8 Å². The van der Waals surface area contributed by atoms with Crippen molar-refractivity contribution in [3.8, 4) is 5.82 Å². The third kappa shape index (κ3) is 4.05. The number of aromatic nitrogens is 5. The largest absolute Gasteiger partial charge is 0.459 e. The second-order valence-corrected chi connectivity index (χ2v) is 7.93. The zero-order valence-corrected chi connectivity index (χ0v) is 17.6. The monoisotopic (exact) mass is 436 g/mol. The fraction of sp³-hybridized carbons (Fsp3) is 0.429. The first-order valence-electron chi connectivity index (χ1n) is 10.7. The average molecular weight is 436 g/mol. The van der Waals surface area contributed by atoms with Crippen molar-refractivity contribution < 1.29 is 14.0 Å². The van der Waals surface area contributed by atoms with Gasteiger partial charge in [0.05, 0.1) is 6.26 Å². The van der Waals surface area contributed by atoms with Crippen LogP contribution >= 0.6 is 0 Å². The summed E-state index contributed by atoms with van der Waals surface area (Å²) >= 11 is 0. The van der Waals surface area contributed by atoms with Crippen LogP contribution in [0.3, 0.4) is 0 Å². The number of furan rings is 1. The molecule has 0 unspecified atom stereocenters. The molecular formula is C21H24N8O3. The van der Waals surface area contributed by atoms with Gasteiger partial charge in [0.1, 0.15) is 24.8 Å². The quantitative estimate of drug-likeness (QED) is 0.592. The lowest BCUT2D eigenvalue weighted by Crippen LogP contribution is -2.53. The number of piperidine rings is 1. The average Bonchev–Trinajstić information content (AvgIpc) is 3.58. The molecule has 11 heteroatoms. The lowest BCUT2D eigenvalue weighted by Gasteiger charge is -2.38. The van der Waals surface area contributed by atoms with Gasteiger partial charge in [-0.15, -0.1) is 0 Å². The highest BCUT2D eigenvalue weighted by Crippen LogP contribution is 2.24. The van der Waals surface area contributed by atoms with Crippen molar-refractivity contribution in [1.29, 1.82) is 0 Å². The summed E-state index contributed by atoms with van der Waals surface area (Å²) in [7, 11) is 0. The number of carbonyl (C=O) groups excluding carboxylic acids is 2. The van der Waals surface area contributed by atoms with Crippen LogP contribution in [0.15, 0.2) is 47.9 Å². The third-order valence-electron chi connectivity index (χ3n) is 6.07. The predicted molar refractivity (Wildman–Crippen MR) is 113 cm³/mol. The molecule has 0 atom stereocenters. The van der Waals surface area contributed by atoms with E-state index in [1.807, 2.05) is 11.0 Å². The van der Waals surface area contributed by atoms with Crippen LogP contribution in [0.2, 0.25) is 0 Å². The van der Waals surface area contributed by atoms with E-state index in [0.717, 1.165) is 31.7 Å². The first-order chi connectivity index (χ1) is 15.7. The summed E-state index contributed by atoms with van der Waals surface area (Å²) in [4.78, 5) is 43.9. The minimum Gasteiger partial charge on any atom is -0.459 e. The van der Waals surface area contributed by atoms with Crippen LogP contribution in [0.25, 0.3) is 5.82 Å². The number of anilines is 1. The standard InChI is InChI=1S/C21H24N8O3/c30-20(27-7-9-28(10-8-27)21(31)17-2-1-11-32-17)16-3-5-26(6-4-16)18-12-19(24-14-23-18)29-15-22-13-25-29/h1-2,11-16H,3-10H2. The molecule has 3 aromatic rings. The van der Waals surface area contributed by atoms with E-state index in [2.05, 4.69) is 25.0 Å². The minimum atomic E-state index is -0.120. The molecule has 2 fully saturated rings. The Hall–Kier alpha value is -3.76. The highest BCUT2D eigenvalue weighted by atomic mass is 16.3. The molecule has 0 aliphatic carbocycles. The van der Waals surface area contributed by atoms with Crippen LogP contribution in [0.1, 0.15) is 23.4 Å². The summed E-state index contributed by atoms with van der Waals surface area (Å²) in [6.07, 6.45) is 7.62. The Kier molecular flexibility index (Phi) is 5.53. The molecule has 0 saturated carbocycles. The number of rotatable bonds is 4. The summed E-state index contributed by atoms with van der Waals surface area (Å²) in [5.74, 6) is 1.88. The van der Waals surface area contributed by atoms with E-state index in [9.17, 15) is 9.59 Å². The molecule has 0 N–H and O–H groups in total. The first kappa shape index (κ1) is 20.2. The Morgan fingerprint density at radius 1 is 0.938 bits per heavy atom. The van der Waals surface area contributed by atoms with Gasteiger partial charge in [0.2, 0.25) is 5.91 Å². The SMILES string of the molecule is O=C(c1ccco1)N1CCN(C(=O)C2CCN(c3cc(-n4cncn4)ncn3)CC2)CC1. The second-order valence-electron chi connectivity index (χ2n) is 7.93. The van der Waals surface area contributed by atoms with Gasteiger partial charge in [-0.25, -0.2) is 19.6 Å². The third-order valence-corrected chi connectivity index (χ3v) is 6.07. The lowest BCUT2D eigenvalue weighted by molar-refractivity contribution is -0.137. The van der Waals surface area contributed by atoms with Crippen LogP contribution in [0, 0.1) is 5.92 Å². The Labute approximate surface area is 184 Å². The Morgan fingerprint density at radius 3 is 2.38 bits per heavy atom. The Balaban J connectivity index is 1.14. The fourth-order valence-electron chi connectivity index (χ4n) is 4.26. The smallest absolute Gasteiger partial charge is 0.289 e. The molecule has 2 amide bonds. The molecule has 32 heavy (non-hydrogen) atoms. The molecule has 166 valence electrons. The van der Waals surface area contributed by atoms with Crippen LogP contribution in [0.4, 0.5) is 5.82 Å². The number of hydrogen-bond donors (Lipinski definition) is 0. The minimum absolute atomic E-state index is 0.00445. The van der Waals surface area contributed by atoms with Crippen molar-refractivity contribution in [2.75, 3.05) is 44.2 Å². The van der Waals surface area contributed by atoms with Gasteiger partial charge in [-0.05, 0) is 25.0 Å². The van der Waals surface area contributed by atoms with E-state index in [4.69, 9.17) is 4.42 Å². The molecule has 0 spiro atoms. The van der Waals surface area contributed by atoms with E-state index in [1.165, 1.54) is 18.9 Å². The van der Waals surface area contributed by atoms with Gasteiger partial charge in [-0.1, -0.05) is 0 Å². The maximum atomic E-state index is 13.1. The summed E-state index contributed by atoms with van der Waals surface area (Å²) in [5, 5.41) is 4.11. The lowest BCUT2D eigenvalue weighted by atomic mass is 9.95. The molecule has 11 nitrogen and oxygen atoms in total. The van der Waals surface area contributed by atoms with Gasteiger partial charge in [0.25, 0.3) is 5.91 Å². The highest BCUT2D eigenvalue weighted by Gasteiger charge is 2.32. The normalized spacial score (nSPS) is 17.6. The summed E-state index contributed by atoms with van der Waals surface area (Å²) < 4.78 is 6.79. The number of hydrogen-bond acceptors (Lipinski definition) is 8. The zero-order valence-electron chi connectivity index (χ0n) is 17.6. The van der Waals surface area contributed by atoms with Crippen LogP contribution in [0.5, 0.6) is 0 Å². The number of piperazine rings is 1. The summed E-state index contributed by atoms with van der Waals surface area (Å²) in [6.45, 7) is 3.66. The maximum absolute atomic E-state index is 13.1. The van der Waals surface area contributed by atoms with Crippen molar-refractivity contribution in [2.24, 2.45) is 5.92 Å². The number of carbonyl (C=O) groups is 2. The van der Waals surface area contributed by atoms with Crippen molar-refractivity contribution in [3.63, 3.8) is 0 Å².